The van der Waals surface area contributed by atoms with Crippen molar-refractivity contribution in [3.8, 4) is 11.1 Å². The first-order chi connectivity index (χ1) is 22.0. The number of anilines is 2. The van der Waals surface area contributed by atoms with Crippen molar-refractivity contribution >= 4 is 29.3 Å². The van der Waals surface area contributed by atoms with Gasteiger partial charge >= 0.3 is 6.09 Å². The Morgan fingerprint density at radius 1 is 0.778 bits per heavy atom. The van der Waals surface area contributed by atoms with Crippen molar-refractivity contribution < 1.29 is 19.1 Å². The van der Waals surface area contributed by atoms with Gasteiger partial charge in [0.05, 0.1) is 5.69 Å². The summed E-state index contributed by atoms with van der Waals surface area (Å²) in [7, 11) is 0. The molecule has 9 nitrogen and oxygen atoms in total. The van der Waals surface area contributed by atoms with Gasteiger partial charge in [-0.2, -0.15) is 0 Å². The number of ether oxygens (including phenoxy) is 1. The first-order valence-electron chi connectivity index (χ1n) is 16.2. The molecule has 0 radical (unpaired) electrons. The fourth-order valence-corrected chi connectivity index (χ4v) is 6.11. The highest BCUT2D eigenvalue weighted by atomic mass is 16.6. The highest BCUT2D eigenvalue weighted by Crippen LogP contribution is 2.28. The third kappa shape index (κ3) is 9.64. The molecule has 2 aliphatic heterocycles. The van der Waals surface area contributed by atoms with Crippen molar-refractivity contribution in [3.63, 3.8) is 0 Å². The molecule has 3 N–H and O–H groups in total. The van der Waals surface area contributed by atoms with Gasteiger partial charge in [-0.05, 0) is 75.0 Å². The van der Waals surface area contributed by atoms with Crippen LogP contribution in [0.15, 0.2) is 78.9 Å². The van der Waals surface area contributed by atoms with Crippen LogP contribution in [0.1, 0.15) is 44.6 Å². The average Bonchev–Trinajstić information content (AvgIpc) is 3.06. The lowest BCUT2D eigenvalue weighted by atomic mass is 9.95. The largest absolute Gasteiger partial charge is 0.446 e. The van der Waals surface area contributed by atoms with Crippen molar-refractivity contribution in [1.29, 1.82) is 0 Å². The Bertz CT molecular complexity index is 1400. The van der Waals surface area contributed by atoms with Gasteiger partial charge in [0.2, 0.25) is 11.8 Å². The number of carbonyl (C=O) groups excluding carboxylic acids is 3. The first-order valence-corrected chi connectivity index (χ1v) is 16.2. The monoisotopic (exact) mass is 611 g/mol. The standard InChI is InChI=1S/C36H45N5O4/c1-2-37-35(43)29-16-21-41(22-17-29)26-27-12-14-30(15-13-27)38-34(42)20-25-40-23-18-31(19-24-40)45-36(44)39-33-11-7-6-10-32(33)28-8-4-3-5-9-28/h3-15,29,31H,2,16-26H2,1H3,(H,37,43)(H,38,42)(H,39,44). The van der Waals surface area contributed by atoms with E-state index in [0.717, 1.165) is 80.9 Å². The molecule has 5 rings (SSSR count). The number of carbonyl (C=O) groups is 3. The van der Waals surface area contributed by atoms with Gasteiger partial charge in [-0.15, -0.1) is 0 Å². The molecule has 2 saturated heterocycles. The molecule has 9 heteroatoms. The van der Waals surface area contributed by atoms with Crippen LogP contribution in [0.25, 0.3) is 11.1 Å². The molecule has 0 saturated carbocycles. The number of nitrogens with zero attached hydrogens (tertiary/aromatic N) is 2. The minimum atomic E-state index is -0.441. The van der Waals surface area contributed by atoms with E-state index in [-0.39, 0.29) is 23.8 Å². The second-order valence-corrected chi connectivity index (χ2v) is 11.9. The van der Waals surface area contributed by atoms with Crippen LogP contribution >= 0.6 is 0 Å². The number of nitrogens with one attached hydrogen (secondary N) is 3. The second-order valence-electron chi connectivity index (χ2n) is 11.9. The van der Waals surface area contributed by atoms with E-state index < -0.39 is 6.09 Å². The van der Waals surface area contributed by atoms with E-state index in [2.05, 4.69) is 37.9 Å². The Morgan fingerprint density at radius 2 is 1.44 bits per heavy atom. The number of hydrogen-bond acceptors (Lipinski definition) is 6. The molecule has 0 aromatic heterocycles. The highest BCUT2D eigenvalue weighted by Gasteiger charge is 2.25. The number of hydrogen-bond donors (Lipinski definition) is 3. The molecule has 0 unspecified atom stereocenters. The van der Waals surface area contributed by atoms with Crippen LogP contribution in [-0.4, -0.2) is 73.1 Å². The maximum atomic E-state index is 12.7. The van der Waals surface area contributed by atoms with E-state index >= 15 is 0 Å². The van der Waals surface area contributed by atoms with Crippen LogP contribution in [0, 0.1) is 5.92 Å². The van der Waals surface area contributed by atoms with E-state index in [9.17, 15) is 14.4 Å². The highest BCUT2D eigenvalue weighted by molar-refractivity contribution is 5.92. The zero-order valence-electron chi connectivity index (χ0n) is 26.2. The van der Waals surface area contributed by atoms with Gasteiger partial charge in [-0.25, -0.2) is 4.79 Å². The molecule has 3 aromatic carbocycles. The number of piperidine rings is 2. The van der Waals surface area contributed by atoms with Gasteiger partial charge in [0.15, 0.2) is 0 Å². The number of likely N-dealkylation sites (tertiary alicyclic amines) is 2. The predicted molar refractivity (Wildman–Crippen MR) is 178 cm³/mol. The normalized spacial score (nSPS) is 16.6. The number of rotatable bonds is 11. The van der Waals surface area contributed by atoms with Crippen LogP contribution in [0.2, 0.25) is 0 Å². The molecule has 3 aromatic rings. The fraction of sp³-hybridized carbons (Fsp3) is 0.417. The van der Waals surface area contributed by atoms with Gasteiger partial charge in [0, 0.05) is 56.3 Å². The Hall–Kier alpha value is -4.21. The molecule has 2 heterocycles. The Kier molecular flexibility index (Phi) is 11.6. The van der Waals surface area contributed by atoms with Gasteiger partial charge in [-0.3, -0.25) is 19.8 Å². The number of amides is 3. The van der Waals surface area contributed by atoms with Crippen molar-refractivity contribution in [2.75, 3.05) is 49.9 Å². The zero-order chi connectivity index (χ0) is 31.4. The molecule has 238 valence electrons. The average molecular weight is 612 g/mol. The van der Waals surface area contributed by atoms with Gasteiger partial charge < -0.3 is 20.3 Å². The predicted octanol–water partition coefficient (Wildman–Crippen LogP) is 5.74. The molecule has 2 fully saturated rings. The van der Waals surface area contributed by atoms with Crippen LogP contribution < -0.4 is 16.0 Å². The van der Waals surface area contributed by atoms with Crippen LogP contribution in [0.5, 0.6) is 0 Å². The lowest BCUT2D eigenvalue weighted by molar-refractivity contribution is -0.126. The lowest BCUT2D eigenvalue weighted by Gasteiger charge is -2.31. The molecule has 0 bridgehead atoms. The van der Waals surface area contributed by atoms with Crippen molar-refractivity contribution in [3.05, 3.63) is 84.4 Å². The Morgan fingerprint density at radius 3 is 2.16 bits per heavy atom. The van der Waals surface area contributed by atoms with Crippen LogP contribution in [0.3, 0.4) is 0 Å². The Labute approximate surface area is 266 Å². The quantitative estimate of drug-likeness (QED) is 0.256. The van der Waals surface area contributed by atoms with Gasteiger partial charge in [0.1, 0.15) is 6.10 Å². The number of para-hydroxylation sites is 1. The minimum absolute atomic E-state index is 0.00925. The summed E-state index contributed by atoms with van der Waals surface area (Å²) in [5, 5.41) is 8.87. The summed E-state index contributed by atoms with van der Waals surface area (Å²) in [6, 6.07) is 25.7. The number of benzene rings is 3. The molecule has 3 amide bonds. The summed E-state index contributed by atoms with van der Waals surface area (Å²) in [6.45, 7) is 7.54. The van der Waals surface area contributed by atoms with Crippen molar-refractivity contribution in [2.24, 2.45) is 5.92 Å². The second kappa shape index (κ2) is 16.2. The Balaban J connectivity index is 0.977. The van der Waals surface area contributed by atoms with E-state index in [4.69, 9.17) is 4.74 Å². The fourth-order valence-electron chi connectivity index (χ4n) is 6.11. The molecular formula is C36H45N5O4. The first kappa shape index (κ1) is 32.2. The smallest absolute Gasteiger partial charge is 0.411 e. The third-order valence-corrected chi connectivity index (χ3v) is 8.67. The van der Waals surface area contributed by atoms with Crippen molar-refractivity contribution in [1.82, 2.24) is 15.1 Å². The molecule has 0 atom stereocenters. The summed E-state index contributed by atoms with van der Waals surface area (Å²) in [5.74, 6) is 0.293. The lowest BCUT2D eigenvalue weighted by Crippen LogP contribution is -2.40. The molecule has 0 spiro atoms. The summed E-state index contributed by atoms with van der Waals surface area (Å²) >= 11 is 0. The van der Waals surface area contributed by atoms with E-state index in [1.165, 1.54) is 5.56 Å². The van der Waals surface area contributed by atoms with Gasteiger partial charge in [0.25, 0.3) is 0 Å². The third-order valence-electron chi connectivity index (χ3n) is 8.67. The maximum absolute atomic E-state index is 12.7. The SMILES string of the molecule is CCNC(=O)C1CCN(Cc2ccc(NC(=O)CCN3CCC(OC(=O)Nc4ccccc4-c4ccccc4)CC3)cc2)CC1. The summed E-state index contributed by atoms with van der Waals surface area (Å²) in [4.78, 5) is 42.1. The minimum Gasteiger partial charge on any atom is -0.446 e. The molecular weight excluding hydrogens is 566 g/mol. The van der Waals surface area contributed by atoms with Crippen LogP contribution in [0.4, 0.5) is 16.2 Å². The van der Waals surface area contributed by atoms with E-state index in [1.54, 1.807) is 0 Å². The molecule has 45 heavy (non-hydrogen) atoms. The van der Waals surface area contributed by atoms with E-state index in [1.807, 2.05) is 73.7 Å². The summed E-state index contributed by atoms with van der Waals surface area (Å²) in [5.41, 5.74) is 4.70. The topological polar surface area (TPSA) is 103 Å². The summed E-state index contributed by atoms with van der Waals surface area (Å²) in [6.07, 6.45) is 3.08. The maximum Gasteiger partial charge on any atom is 0.411 e. The molecule has 0 aliphatic carbocycles. The molecule has 2 aliphatic rings. The van der Waals surface area contributed by atoms with Gasteiger partial charge in [-0.1, -0.05) is 60.7 Å². The van der Waals surface area contributed by atoms with Crippen molar-refractivity contribution in [2.45, 2.75) is 51.7 Å². The van der Waals surface area contributed by atoms with E-state index in [0.29, 0.717) is 19.5 Å². The van der Waals surface area contributed by atoms with Crippen LogP contribution in [-0.2, 0) is 20.9 Å². The zero-order valence-corrected chi connectivity index (χ0v) is 26.2. The summed E-state index contributed by atoms with van der Waals surface area (Å²) < 4.78 is 5.74.